The van der Waals surface area contributed by atoms with E-state index < -0.39 is 36.5 Å². The molecule has 0 aromatic carbocycles. The van der Waals surface area contributed by atoms with Crippen LogP contribution in [-0.2, 0) is 9.53 Å². The topological polar surface area (TPSA) is 107 Å². The highest BCUT2D eigenvalue weighted by Crippen LogP contribution is 2.30. The molecule has 1 heterocycles. The molecule has 1 rings (SSSR count). The lowest BCUT2D eigenvalue weighted by Crippen LogP contribution is -2.57. The van der Waals surface area contributed by atoms with Gasteiger partial charge in [0, 0.05) is 6.42 Å². The molecule has 0 aliphatic carbocycles. The number of unbranched alkanes of at least 4 members (excludes halogenated alkanes) is 1. The second-order valence-electron chi connectivity index (χ2n) is 4.29. The number of thioether (sulfide) groups is 1. The number of ether oxygens (including phenoxy) is 1. The highest BCUT2D eigenvalue weighted by Gasteiger charge is 2.44. The van der Waals surface area contributed by atoms with Crippen LogP contribution in [0.4, 0.5) is 0 Å². The van der Waals surface area contributed by atoms with Gasteiger partial charge in [0.15, 0.2) is 11.4 Å². The van der Waals surface area contributed by atoms with Crippen molar-refractivity contribution in [1.29, 1.82) is 0 Å². The molecule has 0 bridgehead atoms. The van der Waals surface area contributed by atoms with Crippen LogP contribution in [0.5, 0.6) is 0 Å². The zero-order valence-electron chi connectivity index (χ0n) is 10.2. The highest BCUT2D eigenvalue weighted by molar-refractivity contribution is 8.14. The number of aliphatic hydroxyl groups is 4. The summed E-state index contributed by atoms with van der Waals surface area (Å²) in [6, 6.07) is 0. The molecule has 6 nitrogen and oxygen atoms in total. The lowest BCUT2D eigenvalue weighted by Gasteiger charge is -2.39. The van der Waals surface area contributed by atoms with Gasteiger partial charge in [-0.1, -0.05) is 25.1 Å². The standard InChI is InChI=1S/C11H20O6S/c1-2-3-4-7(13)18-10-9(15)8(14)6(5-12)17-11(10)16/h6,8-12,14-16H,2-5H2,1H3/t6?,8-,9?,10+,11-/m1/s1. The highest BCUT2D eigenvalue weighted by atomic mass is 32.2. The van der Waals surface area contributed by atoms with Crippen molar-refractivity contribution in [2.24, 2.45) is 0 Å². The Balaban J connectivity index is 2.57. The van der Waals surface area contributed by atoms with Gasteiger partial charge in [-0.2, -0.15) is 0 Å². The first-order chi connectivity index (χ1) is 8.51. The summed E-state index contributed by atoms with van der Waals surface area (Å²) in [5.74, 6) is 0. The van der Waals surface area contributed by atoms with Crippen LogP contribution in [-0.4, -0.2) is 62.0 Å². The van der Waals surface area contributed by atoms with Crippen molar-refractivity contribution in [2.45, 2.75) is 56.0 Å². The number of hydrogen-bond donors (Lipinski definition) is 4. The minimum atomic E-state index is -1.38. The van der Waals surface area contributed by atoms with Gasteiger partial charge in [0.1, 0.15) is 12.2 Å². The fourth-order valence-corrected chi connectivity index (χ4v) is 2.78. The molecule has 0 aromatic rings. The van der Waals surface area contributed by atoms with Crippen molar-refractivity contribution in [3.63, 3.8) is 0 Å². The molecule has 1 fully saturated rings. The first-order valence-electron chi connectivity index (χ1n) is 6.01. The molecule has 1 aliphatic heterocycles. The summed E-state index contributed by atoms with van der Waals surface area (Å²) in [6.07, 6.45) is -3.04. The maximum absolute atomic E-state index is 11.6. The molecule has 1 saturated heterocycles. The molecule has 5 atom stereocenters. The van der Waals surface area contributed by atoms with E-state index in [1.165, 1.54) is 0 Å². The van der Waals surface area contributed by atoms with Gasteiger partial charge in [-0.3, -0.25) is 4.79 Å². The number of rotatable bonds is 5. The summed E-state index contributed by atoms with van der Waals surface area (Å²) < 4.78 is 4.96. The van der Waals surface area contributed by atoms with Crippen LogP contribution in [0.3, 0.4) is 0 Å². The van der Waals surface area contributed by atoms with Gasteiger partial charge in [-0.05, 0) is 6.42 Å². The Morgan fingerprint density at radius 2 is 1.94 bits per heavy atom. The molecule has 18 heavy (non-hydrogen) atoms. The van der Waals surface area contributed by atoms with E-state index in [9.17, 15) is 20.1 Å². The molecule has 2 unspecified atom stereocenters. The second kappa shape index (κ2) is 7.42. The second-order valence-corrected chi connectivity index (χ2v) is 5.52. The minimum absolute atomic E-state index is 0.154. The van der Waals surface area contributed by atoms with E-state index in [2.05, 4.69) is 0 Å². The van der Waals surface area contributed by atoms with E-state index in [-0.39, 0.29) is 5.12 Å². The average Bonchev–Trinajstić information content (AvgIpc) is 2.36. The molecule has 1 aliphatic rings. The summed E-state index contributed by atoms with van der Waals surface area (Å²) in [7, 11) is 0. The Kier molecular flexibility index (Phi) is 6.54. The van der Waals surface area contributed by atoms with Gasteiger partial charge in [0.25, 0.3) is 0 Å². The molecule has 0 saturated carbocycles. The summed E-state index contributed by atoms with van der Waals surface area (Å²) in [5, 5.41) is 36.9. The van der Waals surface area contributed by atoms with Crippen molar-refractivity contribution in [2.75, 3.05) is 6.61 Å². The fourth-order valence-electron chi connectivity index (χ4n) is 1.73. The van der Waals surface area contributed by atoms with Gasteiger partial charge in [-0.15, -0.1) is 0 Å². The maximum atomic E-state index is 11.6. The molecule has 0 spiro atoms. The van der Waals surface area contributed by atoms with Crippen LogP contribution in [0.2, 0.25) is 0 Å². The first-order valence-corrected chi connectivity index (χ1v) is 6.89. The summed E-state index contributed by atoms with van der Waals surface area (Å²) in [5.41, 5.74) is 0. The molecule has 106 valence electrons. The molecule has 0 radical (unpaired) electrons. The molecule has 7 heteroatoms. The smallest absolute Gasteiger partial charge is 0.189 e. The molecular weight excluding hydrogens is 260 g/mol. The summed E-state index contributed by atoms with van der Waals surface area (Å²) >= 11 is 0.787. The van der Waals surface area contributed by atoms with E-state index in [1.807, 2.05) is 6.92 Å². The van der Waals surface area contributed by atoms with E-state index in [0.29, 0.717) is 6.42 Å². The van der Waals surface area contributed by atoms with E-state index >= 15 is 0 Å². The Bertz CT molecular complexity index is 274. The van der Waals surface area contributed by atoms with E-state index in [0.717, 1.165) is 24.6 Å². The van der Waals surface area contributed by atoms with Gasteiger partial charge in [-0.25, -0.2) is 0 Å². The van der Waals surface area contributed by atoms with Crippen molar-refractivity contribution in [1.82, 2.24) is 0 Å². The summed E-state index contributed by atoms with van der Waals surface area (Å²) in [6.45, 7) is 1.46. The molecule has 4 N–H and O–H groups in total. The van der Waals surface area contributed by atoms with Crippen LogP contribution in [0.15, 0.2) is 0 Å². The quantitative estimate of drug-likeness (QED) is 0.524. The Morgan fingerprint density at radius 3 is 2.50 bits per heavy atom. The number of hydrogen-bond acceptors (Lipinski definition) is 7. The number of carbonyl (C=O) groups excluding carboxylic acids is 1. The van der Waals surface area contributed by atoms with Gasteiger partial charge in [0.05, 0.1) is 18.0 Å². The molecular formula is C11H20O6S. The van der Waals surface area contributed by atoms with Gasteiger partial charge in [0.2, 0.25) is 0 Å². The zero-order chi connectivity index (χ0) is 13.7. The van der Waals surface area contributed by atoms with Crippen molar-refractivity contribution in [3.05, 3.63) is 0 Å². The van der Waals surface area contributed by atoms with Crippen LogP contribution in [0.1, 0.15) is 26.2 Å². The van der Waals surface area contributed by atoms with E-state index in [1.54, 1.807) is 0 Å². The lowest BCUT2D eigenvalue weighted by molar-refractivity contribution is -0.234. The zero-order valence-corrected chi connectivity index (χ0v) is 11.0. The predicted molar refractivity (Wildman–Crippen MR) is 65.9 cm³/mol. The Morgan fingerprint density at radius 1 is 1.28 bits per heavy atom. The monoisotopic (exact) mass is 280 g/mol. The predicted octanol–water partition coefficient (Wildman–Crippen LogP) is -0.764. The normalized spacial score (nSPS) is 36.6. The van der Waals surface area contributed by atoms with Crippen molar-refractivity contribution < 1.29 is 30.0 Å². The SMILES string of the molecule is CCCCC(=O)S[C@H]1C(O)[C@H](O)C(CO)O[C@H]1O. The summed E-state index contributed by atoms with van der Waals surface area (Å²) in [4.78, 5) is 11.6. The minimum Gasteiger partial charge on any atom is -0.394 e. The maximum Gasteiger partial charge on any atom is 0.189 e. The average molecular weight is 280 g/mol. The Labute approximate surface area is 110 Å². The van der Waals surface area contributed by atoms with Crippen molar-refractivity contribution in [3.8, 4) is 0 Å². The van der Waals surface area contributed by atoms with Gasteiger partial charge >= 0.3 is 0 Å². The third kappa shape index (κ3) is 3.91. The third-order valence-corrected chi connectivity index (χ3v) is 4.10. The van der Waals surface area contributed by atoms with Crippen LogP contribution < -0.4 is 0 Å². The third-order valence-electron chi connectivity index (χ3n) is 2.84. The van der Waals surface area contributed by atoms with Crippen LogP contribution >= 0.6 is 11.8 Å². The molecule has 0 amide bonds. The van der Waals surface area contributed by atoms with Gasteiger partial charge < -0.3 is 25.2 Å². The van der Waals surface area contributed by atoms with Crippen LogP contribution in [0, 0.1) is 0 Å². The Hall–Kier alpha value is -0.180. The lowest BCUT2D eigenvalue weighted by atomic mass is 10.0. The van der Waals surface area contributed by atoms with E-state index in [4.69, 9.17) is 9.84 Å². The van der Waals surface area contributed by atoms with Crippen molar-refractivity contribution >= 4 is 16.9 Å². The fraction of sp³-hybridized carbons (Fsp3) is 0.909. The molecule has 0 aromatic heterocycles. The largest absolute Gasteiger partial charge is 0.394 e. The number of carbonyl (C=O) groups is 1. The first kappa shape index (κ1) is 15.9. The van der Waals surface area contributed by atoms with Crippen LogP contribution in [0.25, 0.3) is 0 Å². The number of aliphatic hydroxyl groups excluding tert-OH is 4.